The fourth-order valence-electron chi connectivity index (χ4n) is 3.22. The highest BCUT2D eigenvalue weighted by Crippen LogP contribution is 2.26. The molecular formula is C20H21NO5. The first-order valence-electron chi connectivity index (χ1n) is 8.66. The van der Waals surface area contributed by atoms with Crippen molar-refractivity contribution in [1.29, 1.82) is 0 Å². The van der Waals surface area contributed by atoms with E-state index in [0.29, 0.717) is 37.3 Å². The van der Waals surface area contributed by atoms with Gasteiger partial charge in [0.2, 0.25) is 0 Å². The van der Waals surface area contributed by atoms with Crippen LogP contribution in [0.15, 0.2) is 40.8 Å². The molecule has 2 aromatic rings. The minimum Gasteiger partial charge on any atom is -0.481 e. The Morgan fingerprint density at radius 3 is 2.31 bits per heavy atom. The van der Waals surface area contributed by atoms with Crippen molar-refractivity contribution in [3.05, 3.63) is 47.7 Å². The van der Waals surface area contributed by atoms with Gasteiger partial charge in [-0.15, -0.1) is 0 Å². The average molecular weight is 355 g/mol. The Labute approximate surface area is 151 Å². The zero-order valence-corrected chi connectivity index (χ0v) is 14.6. The zero-order chi connectivity index (χ0) is 18.7. The predicted molar refractivity (Wildman–Crippen MR) is 95.0 cm³/mol. The molecule has 0 spiro atoms. The van der Waals surface area contributed by atoms with Gasteiger partial charge < -0.3 is 14.4 Å². The molecule has 0 radical (unpaired) electrons. The number of hydrogen-bond acceptors (Lipinski definition) is 4. The third kappa shape index (κ3) is 4.02. The standard InChI is InChI=1S/C20H21NO5/c1-13(22)15-2-4-16(5-3-15)17-6-7-18(26-17)20(25)21-10-8-14(9-11-21)12-19(23)24/h2-7,14H,8-12H2,1H3,(H,23,24). The summed E-state index contributed by atoms with van der Waals surface area (Å²) in [7, 11) is 0. The van der Waals surface area contributed by atoms with E-state index >= 15 is 0 Å². The summed E-state index contributed by atoms with van der Waals surface area (Å²) < 4.78 is 5.71. The van der Waals surface area contributed by atoms with E-state index in [1.54, 1.807) is 41.3 Å². The molecule has 1 amide bonds. The summed E-state index contributed by atoms with van der Waals surface area (Å²) in [5, 5.41) is 8.86. The van der Waals surface area contributed by atoms with E-state index in [1.165, 1.54) is 6.92 Å². The van der Waals surface area contributed by atoms with Crippen LogP contribution >= 0.6 is 0 Å². The summed E-state index contributed by atoms with van der Waals surface area (Å²) in [6, 6.07) is 10.4. The van der Waals surface area contributed by atoms with Crippen LogP contribution in [0.5, 0.6) is 0 Å². The van der Waals surface area contributed by atoms with Crippen molar-refractivity contribution in [3.63, 3.8) is 0 Å². The summed E-state index contributed by atoms with van der Waals surface area (Å²) in [5.41, 5.74) is 1.43. The van der Waals surface area contributed by atoms with Crippen molar-refractivity contribution in [2.75, 3.05) is 13.1 Å². The highest BCUT2D eigenvalue weighted by Gasteiger charge is 2.26. The molecule has 1 aromatic carbocycles. The van der Waals surface area contributed by atoms with Crippen LogP contribution < -0.4 is 0 Å². The van der Waals surface area contributed by atoms with Gasteiger partial charge in [0.25, 0.3) is 5.91 Å². The van der Waals surface area contributed by atoms with Crippen molar-refractivity contribution in [3.8, 4) is 11.3 Å². The van der Waals surface area contributed by atoms with E-state index in [9.17, 15) is 14.4 Å². The molecule has 1 aliphatic heterocycles. The van der Waals surface area contributed by atoms with E-state index in [-0.39, 0.29) is 29.8 Å². The molecule has 0 saturated carbocycles. The second kappa shape index (κ2) is 7.56. The first-order valence-corrected chi connectivity index (χ1v) is 8.66. The molecule has 0 atom stereocenters. The molecule has 6 heteroatoms. The maximum atomic E-state index is 12.6. The summed E-state index contributed by atoms with van der Waals surface area (Å²) in [6.45, 7) is 2.60. The number of hydrogen-bond donors (Lipinski definition) is 1. The molecule has 0 aliphatic carbocycles. The van der Waals surface area contributed by atoms with E-state index in [0.717, 1.165) is 5.56 Å². The Morgan fingerprint density at radius 2 is 1.73 bits per heavy atom. The van der Waals surface area contributed by atoms with Crippen molar-refractivity contribution in [1.82, 2.24) is 4.90 Å². The van der Waals surface area contributed by atoms with Gasteiger partial charge in [-0.05, 0) is 37.8 Å². The number of amides is 1. The lowest BCUT2D eigenvalue weighted by atomic mass is 9.93. The number of furan rings is 1. The maximum absolute atomic E-state index is 12.6. The number of carboxylic acid groups (broad SMARTS) is 1. The number of piperidine rings is 1. The molecule has 1 N–H and O–H groups in total. The lowest BCUT2D eigenvalue weighted by Crippen LogP contribution is -2.38. The first kappa shape index (κ1) is 17.9. The van der Waals surface area contributed by atoms with E-state index < -0.39 is 5.97 Å². The lowest BCUT2D eigenvalue weighted by molar-refractivity contribution is -0.138. The quantitative estimate of drug-likeness (QED) is 0.830. The minimum atomic E-state index is -0.791. The molecule has 26 heavy (non-hydrogen) atoms. The van der Waals surface area contributed by atoms with Crippen molar-refractivity contribution in [2.45, 2.75) is 26.2 Å². The fourth-order valence-corrected chi connectivity index (χ4v) is 3.22. The molecule has 136 valence electrons. The Balaban J connectivity index is 1.65. The van der Waals surface area contributed by atoms with Gasteiger partial charge in [0.1, 0.15) is 5.76 Å². The van der Waals surface area contributed by atoms with Crippen LogP contribution in [0.4, 0.5) is 0 Å². The van der Waals surface area contributed by atoms with Crippen molar-refractivity contribution < 1.29 is 23.9 Å². The number of carbonyl (C=O) groups excluding carboxylic acids is 2. The molecule has 1 fully saturated rings. The molecule has 2 heterocycles. The molecule has 0 unspecified atom stereocenters. The third-order valence-electron chi connectivity index (χ3n) is 4.76. The van der Waals surface area contributed by atoms with Gasteiger partial charge in [-0.3, -0.25) is 14.4 Å². The van der Waals surface area contributed by atoms with Gasteiger partial charge >= 0.3 is 5.97 Å². The van der Waals surface area contributed by atoms with Crippen LogP contribution in [-0.2, 0) is 4.79 Å². The number of carboxylic acids is 1. The van der Waals surface area contributed by atoms with Crippen LogP contribution in [0.25, 0.3) is 11.3 Å². The van der Waals surface area contributed by atoms with Gasteiger partial charge in [-0.2, -0.15) is 0 Å². The largest absolute Gasteiger partial charge is 0.481 e. The smallest absolute Gasteiger partial charge is 0.303 e. The van der Waals surface area contributed by atoms with Crippen molar-refractivity contribution in [2.24, 2.45) is 5.92 Å². The topological polar surface area (TPSA) is 87.8 Å². The number of Topliss-reactive ketones (excluding diaryl/α,β-unsaturated/α-hetero) is 1. The summed E-state index contributed by atoms with van der Waals surface area (Å²) in [6.07, 6.45) is 1.54. The number of aliphatic carboxylic acids is 1. The van der Waals surface area contributed by atoms with Crippen molar-refractivity contribution >= 4 is 17.7 Å². The summed E-state index contributed by atoms with van der Waals surface area (Å²) >= 11 is 0. The average Bonchev–Trinajstić information content (AvgIpc) is 3.11. The number of nitrogens with zero attached hydrogens (tertiary/aromatic N) is 1. The van der Waals surface area contributed by atoms with Crippen LogP contribution in [0, 0.1) is 5.92 Å². The molecule has 6 nitrogen and oxygen atoms in total. The van der Waals surface area contributed by atoms with Gasteiger partial charge in [-0.1, -0.05) is 24.3 Å². The lowest BCUT2D eigenvalue weighted by Gasteiger charge is -2.30. The maximum Gasteiger partial charge on any atom is 0.303 e. The second-order valence-corrected chi connectivity index (χ2v) is 6.63. The number of rotatable bonds is 5. The Bertz CT molecular complexity index is 813. The van der Waals surface area contributed by atoms with Gasteiger partial charge in [0.15, 0.2) is 11.5 Å². The van der Waals surface area contributed by atoms with E-state index in [1.807, 2.05) is 0 Å². The van der Waals surface area contributed by atoms with Crippen LogP contribution in [-0.4, -0.2) is 40.8 Å². The Kier molecular flexibility index (Phi) is 5.21. The molecule has 3 rings (SSSR count). The van der Waals surface area contributed by atoms with Crippen LogP contribution in [0.3, 0.4) is 0 Å². The molecule has 1 aliphatic rings. The number of likely N-dealkylation sites (tertiary alicyclic amines) is 1. The number of carbonyl (C=O) groups is 3. The zero-order valence-electron chi connectivity index (χ0n) is 14.6. The molecule has 1 saturated heterocycles. The van der Waals surface area contributed by atoms with Gasteiger partial charge in [0.05, 0.1) is 0 Å². The molecule has 1 aromatic heterocycles. The van der Waals surface area contributed by atoms with E-state index in [2.05, 4.69) is 0 Å². The normalized spacial score (nSPS) is 15.0. The van der Waals surface area contributed by atoms with E-state index in [4.69, 9.17) is 9.52 Å². The highest BCUT2D eigenvalue weighted by atomic mass is 16.4. The first-order chi connectivity index (χ1) is 12.4. The van der Waals surface area contributed by atoms with Crippen LogP contribution in [0.2, 0.25) is 0 Å². The Morgan fingerprint density at radius 1 is 1.08 bits per heavy atom. The monoisotopic (exact) mass is 355 g/mol. The number of benzene rings is 1. The molecule has 0 bridgehead atoms. The number of ketones is 1. The fraction of sp³-hybridized carbons (Fsp3) is 0.350. The SMILES string of the molecule is CC(=O)c1ccc(-c2ccc(C(=O)N3CCC(CC(=O)O)CC3)o2)cc1. The highest BCUT2D eigenvalue weighted by molar-refractivity contribution is 5.94. The third-order valence-corrected chi connectivity index (χ3v) is 4.76. The summed E-state index contributed by atoms with van der Waals surface area (Å²) in [4.78, 5) is 36.4. The molecular weight excluding hydrogens is 334 g/mol. The van der Waals surface area contributed by atoms with Gasteiger partial charge in [0, 0.05) is 30.6 Å². The summed E-state index contributed by atoms with van der Waals surface area (Å²) in [5.74, 6) is 0.00448. The second-order valence-electron chi connectivity index (χ2n) is 6.63. The predicted octanol–water partition coefficient (Wildman–Crippen LogP) is 3.48. The van der Waals surface area contributed by atoms with Gasteiger partial charge in [-0.25, -0.2) is 0 Å². The van der Waals surface area contributed by atoms with Crippen LogP contribution in [0.1, 0.15) is 47.1 Å². The minimum absolute atomic E-state index is 0.00170. The Hall–Kier alpha value is -2.89.